The Labute approximate surface area is 300 Å². The highest BCUT2D eigenvalue weighted by Crippen LogP contribution is 2.52. The maximum atomic E-state index is 12.6. The van der Waals surface area contributed by atoms with E-state index < -0.39 is 12.2 Å². The Morgan fingerprint density at radius 3 is 1.27 bits per heavy atom. The molecule has 4 bridgehead atoms. The van der Waals surface area contributed by atoms with Gasteiger partial charge in [0.1, 0.15) is 23.0 Å². The fraction of sp³-hybridized carbons (Fsp3) is 0.130. The van der Waals surface area contributed by atoms with Gasteiger partial charge in [-0.15, -0.1) is 0 Å². The van der Waals surface area contributed by atoms with E-state index in [0.717, 1.165) is 43.4 Å². The minimum atomic E-state index is -0.977. The summed E-state index contributed by atoms with van der Waals surface area (Å²) in [5.41, 5.74) is 3.88. The molecule has 1 heterocycles. The summed E-state index contributed by atoms with van der Waals surface area (Å²) in [6.45, 7) is 0.347. The van der Waals surface area contributed by atoms with Crippen molar-refractivity contribution in [1.29, 1.82) is 0 Å². The summed E-state index contributed by atoms with van der Waals surface area (Å²) in [5, 5.41) is 53.7. The zero-order valence-corrected chi connectivity index (χ0v) is 28.3. The lowest BCUT2D eigenvalue weighted by Crippen LogP contribution is -2.29. The maximum absolute atomic E-state index is 12.6. The van der Waals surface area contributed by atoms with Crippen LogP contribution in [0.25, 0.3) is 76.5 Å². The average Bonchev–Trinajstić information content (AvgIpc) is 3.17. The lowest BCUT2D eigenvalue weighted by atomic mass is 9.86. The third kappa shape index (κ3) is 5.63. The number of hydrogen-bond donors (Lipinski definition) is 4. The Morgan fingerprint density at radius 1 is 0.423 bits per heavy atom. The van der Waals surface area contributed by atoms with Crippen LogP contribution in [0.5, 0.6) is 23.0 Å². The fourth-order valence-electron chi connectivity index (χ4n) is 7.55. The number of phenols is 2. The summed E-state index contributed by atoms with van der Waals surface area (Å²) in [5.74, 6) is 1.13. The Hall–Kier alpha value is -6.08. The molecule has 0 aliphatic carbocycles. The monoisotopic (exact) mass is 684 g/mol. The van der Waals surface area contributed by atoms with Crippen LogP contribution in [0.15, 0.2) is 133 Å². The largest absolute Gasteiger partial charge is 0.507 e. The number of aliphatic hydroxyl groups is 2. The van der Waals surface area contributed by atoms with Crippen LogP contribution >= 0.6 is 0 Å². The molecule has 0 aromatic heterocycles. The topological polar surface area (TPSA) is 99.4 Å². The molecule has 0 radical (unpaired) electrons. The second-order valence-corrected chi connectivity index (χ2v) is 13.6. The van der Waals surface area contributed by atoms with Gasteiger partial charge in [-0.3, -0.25) is 0 Å². The Kier molecular flexibility index (Phi) is 7.91. The number of hydrogen-bond acceptors (Lipinski definition) is 6. The van der Waals surface area contributed by atoms with Crippen molar-refractivity contribution in [3.63, 3.8) is 0 Å². The summed E-state index contributed by atoms with van der Waals surface area (Å²) in [6.07, 6.45) is -1.50. The van der Waals surface area contributed by atoms with Crippen LogP contribution in [0.4, 0.5) is 0 Å². The molecule has 0 saturated heterocycles. The lowest BCUT2D eigenvalue weighted by Gasteiger charge is -2.22. The molecule has 6 nitrogen and oxygen atoms in total. The number of phenolic OH excluding ortho intramolecular Hbond substituents is 2. The third-order valence-electron chi connectivity index (χ3n) is 10.4. The standard InChI is InChI=1S/C46H36O6/c47-41-17-19-51-35-15-13-33-23-39(31-11-9-27-5-1-3-7-29(27)21-31)45(49)43(37(33)25-35)44-38-26-36(52-20-18-42(41)48)16-14-34(38)24-40(46(44)50)32-12-10-28-6-2-4-8-30(28)22-32/h1-16,21-26,41-42,47-50H,17-20H2/t41-,42-/m1/s1. The number of aromatic hydroxyl groups is 2. The predicted molar refractivity (Wildman–Crippen MR) is 208 cm³/mol. The smallest absolute Gasteiger partial charge is 0.132 e. The fourth-order valence-corrected chi connectivity index (χ4v) is 7.55. The Balaban J connectivity index is 1.36. The van der Waals surface area contributed by atoms with E-state index in [1.54, 1.807) is 0 Å². The second kappa shape index (κ2) is 12.9. The van der Waals surface area contributed by atoms with Gasteiger partial charge in [0, 0.05) is 35.1 Å². The van der Waals surface area contributed by atoms with Crippen molar-refractivity contribution in [2.24, 2.45) is 0 Å². The average molecular weight is 685 g/mol. The molecule has 1 aliphatic heterocycles. The van der Waals surface area contributed by atoms with Gasteiger partial charge in [0.05, 0.1) is 25.4 Å². The van der Waals surface area contributed by atoms with E-state index in [1.807, 2.05) is 84.9 Å². The molecule has 8 aromatic rings. The summed E-state index contributed by atoms with van der Waals surface area (Å²) >= 11 is 0. The van der Waals surface area contributed by atoms with Crippen molar-refractivity contribution < 1.29 is 29.9 Å². The van der Waals surface area contributed by atoms with Crippen LogP contribution in [-0.4, -0.2) is 45.8 Å². The molecule has 1 aliphatic rings. The van der Waals surface area contributed by atoms with Crippen molar-refractivity contribution in [1.82, 2.24) is 0 Å². The molecule has 8 aromatic carbocycles. The van der Waals surface area contributed by atoms with E-state index in [1.165, 1.54) is 0 Å². The van der Waals surface area contributed by atoms with E-state index in [0.29, 0.717) is 44.5 Å². The van der Waals surface area contributed by atoms with Crippen LogP contribution in [0, 0.1) is 0 Å². The summed E-state index contributed by atoms with van der Waals surface area (Å²) < 4.78 is 12.2. The molecule has 0 fully saturated rings. The van der Waals surface area contributed by atoms with Gasteiger partial charge in [0.2, 0.25) is 0 Å². The normalized spacial score (nSPS) is 16.4. The molecule has 0 saturated carbocycles. The Bertz CT molecular complexity index is 2480. The molecule has 9 rings (SSSR count). The van der Waals surface area contributed by atoms with Gasteiger partial charge >= 0.3 is 0 Å². The van der Waals surface area contributed by atoms with Gasteiger partial charge in [-0.1, -0.05) is 84.9 Å². The van der Waals surface area contributed by atoms with Gasteiger partial charge in [-0.25, -0.2) is 0 Å². The highest BCUT2D eigenvalue weighted by molar-refractivity contribution is 6.14. The summed E-state index contributed by atoms with van der Waals surface area (Å²) in [7, 11) is 0. The number of fused-ring (bicyclic) bond motifs is 5. The molecule has 0 amide bonds. The molecule has 4 N–H and O–H groups in total. The van der Waals surface area contributed by atoms with Crippen LogP contribution in [0.1, 0.15) is 12.8 Å². The summed E-state index contributed by atoms with van der Waals surface area (Å²) in [6, 6.07) is 43.9. The van der Waals surface area contributed by atoms with Crippen molar-refractivity contribution >= 4 is 43.1 Å². The number of ether oxygens (including phenoxy) is 2. The van der Waals surface area contributed by atoms with E-state index in [2.05, 4.69) is 48.5 Å². The first-order chi connectivity index (χ1) is 25.4. The Morgan fingerprint density at radius 2 is 0.827 bits per heavy atom. The van der Waals surface area contributed by atoms with Gasteiger partial charge in [-0.05, 0) is 103 Å². The van der Waals surface area contributed by atoms with Crippen LogP contribution in [0.3, 0.4) is 0 Å². The van der Waals surface area contributed by atoms with Gasteiger partial charge in [0.25, 0.3) is 0 Å². The molecule has 256 valence electrons. The highest BCUT2D eigenvalue weighted by Gasteiger charge is 2.25. The molecular weight excluding hydrogens is 649 g/mol. The molecule has 2 atom stereocenters. The zero-order valence-electron chi connectivity index (χ0n) is 28.3. The van der Waals surface area contributed by atoms with E-state index in [-0.39, 0.29) is 37.6 Å². The molecule has 0 spiro atoms. The first-order valence-corrected chi connectivity index (χ1v) is 17.6. The van der Waals surface area contributed by atoms with Crippen LogP contribution in [-0.2, 0) is 0 Å². The van der Waals surface area contributed by atoms with Crippen molar-refractivity contribution in [2.75, 3.05) is 13.2 Å². The SMILES string of the molecule is Oc1c(-c2ccc3ccccc3c2)cc2ccc3cc2c1-c1c(O)c(-c2ccc4ccccc4c2)cc2ccc(cc12)OCC[C@@H](O)[C@H](O)CCO3. The second-order valence-electron chi connectivity index (χ2n) is 13.6. The van der Waals surface area contributed by atoms with E-state index in [9.17, 15) is 20.4 Å². The predicted octanol–water partition coefficient (Wildman–Crippen LogP) is 9.98. The molecule has 6 heteroatoms. The van der Waals surface area contributed by atoms with E-state index >= 15 is 0 Å². The van der Waals surface area contributed by atoms with Gasteiger partial charge in [0.15, 0.2) is 0 Å². The first kappa shape index (κ1) is 31.9. The van der Waals surface area contributed by atoms with Crippen molar-refractivity contribution in [2.45, 2.75) is 25.0 Å². The molecular formula is C46H36O6. The van der Waals surface area contributed by atoms with Crippen LogP contribution < -0.4 is 9.47 Å². The third-order valence-corrected chi connectivity index (χ3v) is 10.4. The van der Waals surface area contributed by atoms with Crippen LogP contribution in [0.2, 0.25) is 0 Å². The van der Waals surface area contributed by atoms with E-state index in [4.69, 9.17) is 9.47 Å². The van der Waals surface area contributed by atoms with Gasteiger partial charge in [-0.2, -0.15) is 0 Å². The van der Waals surface area contributed by atoms with Crippen molar-refractivity contribution in [3.05, 3.63) is 133 Å². The highest BCUT2D eigenvalue weighted by atomic mass is 16.5. The zero-order chi connectivity index (χ0) is 35.3. The van der Waals surface area contributed by atoms with Gasteiger partial charge < -0.3 is 29.9 Å². The number of benzene rings is 8. The summed E-state index contributed by atoms with van der Waals surface area (Å²) in [4.78, 5) is 0. The quantitative estimate of drug-likeness (QED) is 0.145. The maximum Gasteiger partial charge on any atom is 0.132 e. The molecule has 52 heavy (non-hydrogen) atoms. The minimum absolute atomic E-state index is 0.0261. The minimum Gasteiger partial charge on any atom is -0.507 e. The number of rotatable bonds is 2. The lowest BCUT2D eigenvalue weighted by molar-refractivity contribution is -0.00333. The van der Waals surface area contributed by atoms with Crippen molar-refractivity contribution in [3.8, 4) is 56.4 Å². The first-order valence-electron chi connectivity index (χ1n) is 17.6. The molecule has 0 unspecified atom stereocenters. The number of aliphatic hydroxyl groups excluding tert-OH is 2.